The van der Waals surface area contributed by atoms with Crippen molar-refractivity contribution in [2.45, 2.75) is 32.7 Å². The molecule has 0 spiro atoms. The molecule has 0 amide bonds. The van der Waals surface area contributed by atoms with Gasteiger partial charge in [-0.2, -0.15) is 0 Å². The summed E-state index contributed by atoms with van der Waals surface area (Å²) in [6.45, 7) is 5.14. The first-order valence-electron chi connectivity index (χ1n) is 3.48. The summed E-state index contributed by atoms with van der Waals surface area (Å²) >= 11 is 0. The van der Waals surface area contributed by atoms with Crippen LogP contribution >= 0.6 is 0 Å². The molecule has 0 heterocycles. The second-order valence-corrected chi connectivity index (χ2v) is 2.26. The summed E-state index contributed by atoms with van der Waals surface area (Å²) in [4.78, 5) is 9.94. The number of hydrogen-bond acceptors (Lipinski definition) is 2. The van der Waals surface area contributed by atoms with Crippen LogP contribution in [0.2, 0.25) is 0 Å². The summed E-state index contributed by atoms with van der Waals surface area (Å²) in [5.74, 6) is 0. The standard InChI is InChI=1S/C7H15NO/c1-3-5-8-7(2)4-6-9/h6-8H,3-5H2,1-2H3. The zero-order valence-corrected chi connectivity index (χ0v) is 6.18. The maximum absolute atomic E-state index is 9.94. The Balaban J connectivity index is 3.04. The third-order valence-electron chi connectivity index (χ3n) is 1.19. The predicted octanol–water partition coefficient (Wildman–Crippen LogP) is 0.963. The zero-order valence-electron chi connectivity index (χ0n) is 6.18. The number of rotatable bonds is 5. The Hall–Kier alpha value is -0.370. The van der Waals surface area contributed by atoms with Crippen molar-refractivity contribution in [2.24, 2.45) is 0 Å². The van der Waals surface area contributed by atoms with E-state index in [1.54, 1.807) is 0 Å². The van der Waals surface area contributed by atoms with Gasteiger partial charge in [0.25, 0.3) is 0 Å². The Labute approximate surface area is 56.6 Å². The summed E-state index contributed by atoms with van der Waals surface area (Å²) in [7, 11) is 0. The highest BCUT2D eigenvalue weighted by Crippen LogP contribution is 1.85. The molecule has 0 bridgehead atoms. The van der Waals surface area contributed by atoms with Crippen LogP contribution in [0.15, 0.2) is 0 Å². The number of carbonyl (C=O) groups excluding carboxylic acids is 1. The van der Waals surface area contributed by atoms with Gasteiger partial charge in [-0.3, -0.25) is 0 Å². The van der Waals surface area contributed by atoms with Crippen molar-refractivity contribution in [1.82, 2.24) is 5.32 Å². The summed E-state index contributed by atoms with van der Waals surface area (Å²) in [5.41, 5.74) is 0. The van der Waals surface area contributed by atoms with Crippen molar-refractivity contribution < 1.29 is 4.79 Å². The van der Waals surface area contributed by atoms with Crippen LogP contribution in [-0.2, 0) is 4.79 Å². The first kappa shape index (κ1) is 8.63. The van der Waals surface area contributed by atoms with Gasteiger partial charge in [-0.1, -0.05) is 6.92 Å². The minimum absolute atomic E-state index is 0.349. The minimum atomic E-state index is 0.349. The fourth-order valence-corrected chi connectivity index (χ4v) is 0.618. The Bertz CT molecular complexity index is 73.3. The zero-order chi connectivity index (χ0) is 7.11. The molecule has 1 N–H and O–H groups in total. The van der Waals surface area contributed by atoms with E-state index in [2.05, 4.69) is 12.2 Å². The third-order valence-corrected chi connectivity index (χ3v) is 1.19. The summed E-state index contributed by atoms with van der Waals surface area (Å²) in [6.07, 6.45) is 2.70. The molecule has 0 saturated carbocycles. The van der Waals surface area contributed by atoms with Gasteiger partial charge in [0.15, 0.2) is 0 Å². The van der Waals surface area contributed by atoms with Crippen molar-refractivity contribution >= 4 is 6.29 Å². The highest BCUT2D eigenvalue weighted by Gasteiger charge is 1.95. The van der Waals surface area contributed by atoms with Gasteiger partial charge in [0.2, 0.25) is 0 Å². The molecule has 54 valence electrons. The van der Waals surface area contributed by atoms with E-state index in [0.717, 1.165) is 19.3 Å². The van der Waals surface area contributed by atoms with E-state index in [1.807, 2.05) is 6.92 Å². The molecule has 0 aromatic rings. The van der Waals surface area contributed by atoms with Gasteiger partial charge in [-0.05, 0) is 19.9 Å². The molecule has 0 aliphatic rings. The lowest BCUT2D eigenvalue weighted by molar-refractivity contribution is -0.108. The fourth-order valence-electron chi connectivity index (χ4n) is 0.618. The molecular weight excluding hydrogens is 114 g/mol. The highest BCUT2D eigenvalue weighted by atomic mass is 16.1. The van der Waals surface area contributed by atoms with Crippen LogP contribution in [0.4, 0.5) is 0 Å². The van der Waals surface area contributed by atoms with E-state index >= 15 is 0 Å². The highest BCUT2D eigenvalue weighted by molar-refractivity contribution is 5.50. The van der Waals surface area contributed by atoms with Crippen LogP contribution < -0.4 is 5.32 Å². The maximum atomic E-state index is 9.94. The quantitative estimate of drug-likeness (QED) is 0.560. The lowest BCUT2D eigenvalue weighted by Crippen LogP contribution is -2.26. The molecular formula is C7H15NO. The maximum Gasteiger partial charge on any atom is 0.121 e. The number of nitrogens with one attached hydrogen (secondary N) is 1. The van der Waals surface area contributed by atoms with E-state index in [9.17, 15) is 4.79 Å². The van der Waals surface area contributed by atoms with Gasteiger partial charge < -0.3 is 10.1 Å². The topological polar surface area (TPSA) is 29.1 Å². The largest absolute Gasteiger partial charge is 0.314 e. The van der Waals surface area contributed by atoms with Crippen molar-refractivity contribution in [3.8, 4) is 0 Å². The van der Waals surface area contributed by atoms with Gasteiger partial charge >= 0.3 is 0 Å². The van der Waals surface area contributed by atoms with Gasteiger partial charge in [0, 0.05) is 12.5 Å². The molecule has 0 aliphatic carbocycles. The number of hydrogen-bond donors (Lipinski definition) is 1. The van der Waals surface area contributed by atoms with Crippen LogP contribution in [0.1, 0.15) is 26.7 Å². The van der Waals surface area contributed by atoms with E-state index in [1.165, 1.54) is 0 Å². The monoisotopic (exact) mass is 129 g/mol. The van der Waals surface area contributed by atoms with E-state index in [0.29, 0.717) is 12.5 Å². The van der Waals surface area contributed by atoms with Crippen molar-refractivity contribution in [3.05, 3.63) is 0 Å². The van der Waals surface area contributed by atoms with Crippen molar-refractivity contribution in [3.63, 3.8) is 0 Å². The first-order valence-corrected chi connectivity index (χ1v) is 3.48. The van der Waals surface area contributed by atoms with Gasteiger partial charge in [0.1, 0.15) is 6.29 Å². The predicted molar refractivity (Wildman–Crippen MR) is 38.4 cm³/mol. The van der Waals surface area contributed by atoms with Crippen LogP contribution in [0, 0.1) is 0 Å². The average Bonchev–Trinajstić information content (AvgIpc) is 1.85. The van der Waals surface area contributed by atoms with Gasteiger partial charge in [-0.25, -0.2) is 0 Å². The van der Waals surface area contributed by atoms with Gasteiger partial charge in [-0.15, -0.1) is 0 Å². The molecule has 2 heteroatoms. The van der Waals surface area contributed by atoms with Crippen molar-refractivity contribution in [1.29, 1.82) is 0 Å². The second-order valence-electron chi connectivity index (χ2n) is 2.26. The molecule has 0 aromatic heterocycles. The Kier molecular flexibility index (Phi) is 5.52. The molecule has 0 fully saturated rings. The molecule has 0 saturated heterocycles. The Morgan fingerprint density at radius 2 is 2.33 bits per heavy atom. The lowest BCUT2D eigenvalue weighted by Gasteiger charge is -2.07. The summed E-state index contributed by atoms with van der Waals surface area (Å²) < 4.78 is 0. The smallest absolute Gasteiger partial charge is 0.121 e. The van der Waals surface area contributed by atoms with E-state index in [-0.39, 0.29) is 0 Å². The van der Waals surface area contributed by atoms with Crippen LogP contribution in [-0.4, -0.2) is 18.9 Å². The molecule has 0 aromatic carbocycles. The number of carbonyl (C=O) groups is 1. The molecule has 0 radical (unpaired) electrons. The molecule has 0 rings (SSSR count). The normalized spacial score (nSPS) is 13.1. The lowest BCUT2D eigenvalue weighted by atomic mass is 10.2. The number of aldehydes is 1. The fraction of sp³-hybridized carbons (Fsp3) is 0.857. The molecule has 1 unspecified atom stereocenters. The summed E-state index contributed by atoms with van der Waals surface area (Å²) in [6, 6.07) is 0.349. The Morgan fingerprint density at radius 3 is 2.78 bits per heavy atom. The third kappa shape index (κ3) is 5.50. The van der Waals surface area contributed by atoms with Gasteiger partial charge in [0.05, 0.1) is 0 Å². The minimum Gasteiger partial charge on any atom is -0.314 e. The molecule has 2 nitrogen and oxygen atoms in total. The Morgan fingerprint density at radius 1 is 1.67 bits per heavy atom. The van der Waals surface area contributed by atoms with Crippen LogP contribution in [0.5, 0.6) is 0 Å². The molecule has 0 aliphatic heterocycles. The average molecular weight is 129 g/mol. The van der Waals surface area contributed by atoms with Crippen LogP contribution in [0.3, 0.4) is 0 Å². The van der Waals surface area contributed by atoms with E-state index in [4.69, 9.17) is 0 Å². The SMILES string of the molecule is CCCNC(C)CC=O. The summed E-state index contributed by atoms with van der Waals surface area (Å²) in [5, 5.41) is 3.20. The van der Waals surface area contributed by atoms with Crippen LogP contribution in [0.25, 0.3) is 0 Å². The molecule has 1 atom stereocenters. The second kappa shape index (κ2) is 5.76. The first-order chi connectivity index (χ1) is 4.31. The van der Waals surface area contributed by atoms with Crippen molar-refractivity contribution in [2.75, 3.05) is 6.54 Å². The molecule has 9 heavy (non-hydrogen) atoms. The van der Waals surface area contributed by atoms with E-state index < -0.39 is 0 Å².